The molecule has 2 N–H and O–H groups in total. The van der Waals surface area contributed by atoms with Crippen LogP contribution < -0.4 is 5.43 Å². The van der Waals surface area contributed by atoms with Crippen molar-refractivity contribution in [2.45, 2.75) is 0 Å². The molecule has 0 saturated carbocycles. The molecule has 3 rings (SSSR count). The van der Waals surface area contributed by atoms with Crippen LogP contribution in [0.2, 0.25) is 0 Å². The summed E-state index contributed by atoms with van der Waals surface area (Å²) in [7, 11) is 0. The van der Waals surface area contributed by atoms with Crippen molar-refractivity contribution in [2.75, 3.05) is 0 Å². The van der Waals surface area contributed by atoms with Crippen LogP contribution in [-0.2, 0) is 4.79 Å². The van der Waals surface area contributed by atoms with E-state index in [0.29, 0.717) is 26.0 Å². The molecule has 0 saturated heterocycles. The maximum absolute atomic E-state index is 11.9. The smallest absolute Gasteiger partial charge is 0.273 e. The Morgan fingerprint density at radius 2 is 2.00 bits per heavy atom. The average Bonchev–Trinajstić information content (AvgIpc) is 3.07. The standard InChI is InChI=1S/C14H8Br2N2O3/c15-9-5-7(6-10(16)13(9)19)4-8-12(17-18-14(8)20)11-2-1-3-21-11/h1-6,19H,(H,18,20)/b8-4+. The van der Waals surface area contributed by atoms with Crippen LogP contribution >= 0.6 is 31.9 Å². The lowest BCUT2D eigenvalue weighted by atomic mass is 10.0. The number of phenolic OH excluding ortho intramolecular Hbond substituents is 1. The van der Waals surface area contributed by atoms with Gasteiger partial charge in [-0.25, -0.2) is 5.43 Å². The van der Waals surface area contributed by atoms with Crippen LogP contribution in [0.1, 0.15) is 11.3 Å². The number of phenols is 1. The summed E-state index contributed by atoms with van der Waals surface area (Å²) in [5, 5.41) is 13.7. The summed E-state index contributed by atoms with van der Waals surface area (Å²) in [6, 6.07) is 6.87. The van der Waals surface area contributed by atoms with Gasteiger partial charge in [0.2, 0.25) is 0 Å². The Morgan fingerprint density at radius 3 is 2.62 bits per heavy atom. The number of rotatable bonds is 2. The number of carbonyl (C=O) groups excluding carboxylic acids is 1. The van der Waals surface area contributed by atoms with Crippen molar-refractivity contribution in [2.24, 2.45) is 5.10 Å². The molecule has 1 amide bonds. The quantitative estimate of drug-likeness (QED) is 0.743. The number of halogens is 2. The molecular weight excluding hydrogens is 404 g/mol. The number of hydrogen-bond acceptors (Lipinski definition) is 4. The van der Waals surface area contributed by atoms with E-state index in [1.165, 1.54) is 6.26 Å². The normalized spacial score (nSPS) is 16.2. The highest BCUT2D eigenvalue weighted by molar-refractivity contribution is 9.11. The molecular formula is C14H8Br2N2O3. The van der Waals surface area contributed by atoms with Gasteiger partial charge in [0.05, 0.1) is 20.8 Å². The molecule has 106 valence electrons. The predicted octanol–water partition coefficient (Wildman–Crippen LogP) is 3.43. The summed E-state index contributed by atoms with van der Waals surface area (Å²) >= 11 is 6.51. The number of benzene rings is 1. The molecule has 0 fully saturated rings. The molecule has 0 radical (unpaired) electrons. The third-order valence-electron chi connectivity index (χ3n) is 2.87. The van der Waals surface area contributed by atoms with Gasteiger partial charge in [-0.2, -0.15) is 5.10 Å². The summed E-state index contributed by atoms with van der Waals surface area (Å²) in [6.07, 6.45) is 3.20. The van der Waals surface area contributed by atoms with Crippen LogP contribution in [0.3, 0.4) is 0 Å². The number of hydrazone groups is 1. The van der Waals surface area contributed by atoms with Gasteiger partial charge in [-0.15, -0.1) is 0 Å². The van der Waals surface area contributed by atoms with Gasteiger partial charge in [0.15, 0.2) is 5.76 Å². The van der Waals surface area contributed by atoms with E-state index in [0.717, 1.165) is 5.56 Å². The molecule has 2 aromatic rings. The summed E-state index contributed by atoms with van der Waals surface area (Å²) in [4.78, 5) is 11.9. The Balaban J connectivity index is 2.05. The number of aromatic hydroxyl groups is 1. The fourth-order valence-corrected chi connectivity index (χ4v) is 3.13. The summed E-state index contributed by atoms with van der Waals surface area (Å²) in [5.74, 6) is 0.311. The minimum atomic E-state index is -0.304. The topological polar surface area (TPSA) is 74.8 Å². The zero-order valence-electron chi connectivity index (χ0n) is 10.4. The Labute approximate surface area is 136 Å². The molecule has 7 heteroatoms. The predicted molar refractivity (Wildman–Crippen MR) is 84.9 cm³/mol. The van der Waals surface area contributed by atoms with Gasteiger partial charge in [-0.05, 0) is 67.8 Å². The van der Waals surface area contributed by atoms with Crippen molar-refractivity contribution >= 4 is 49.6 Å². The first-order valence-corrected chi connectivity index (χ1v) is 7.47. The van der Waals surface area contributed by atoms with Crippen molar-refractivity contribution in [3.8, 4) is 5.75 Å². The molecule has 5 nitrogen and oxygen atoms in total. The van der Waals surface area contributed by atoms with Crippen LogP contribution in [-0.4, -0.2) is 16.7 Å². The number of nitrogens with one attached hydrogen (secondary N) is 1. The van der Waals surface area contributed by atoms with Crippen LogP contribution in [0.5, 0.6) is 5.75 Å². The highest BCUT2D eigenvalue weighted by Crippen LogP contribution is 2.34. The number of hydrogen-bond donors (Lipinski definition) is 2. The molecule has 1 aliphatic heterocycles. The van der Waals surface area contributed by atoms with Gasteiger partial charge < -0.3 is 9.52 Å². The van der Waals surface area contributed by atoms with E-state index in [2.05, 4.69) is 42.4 Å². The number of nitrogens with zero attached hydrogens (tertiary/aromatic N) is 1. The van der Waals surface area contributed by atoms with E-state index < -0.39 is 0 Å². The van der Waals surface area contributed by atoms with Crippen LogP contribution in [0, 0.1) is 0 Å². The third kappa shape index (κ3) is 2.66. The molecule has 0 aliphatic carbocycles. The molecule has 0 unspecified atom stereocenters. The van der Waals surface area contributed by atoms with E-state index in [4.69, 9.17) is 4.42 Å². The minimum Gasteiger partial charge on any atom is -0.506 e. The molecule has 0 spiro atoms. The highest BCUT2D eigenvalue weighted by Gasteiger charge is 2.25. The van der Waals surface area contributed by atoms with Crippen molar-refractivity contribution in [3.05, 3.63) is 56.4 Å². The van der Waals surface area contributed by atoms with E-state index in [-0.39, 0.29) is 11.7 Å². The fraction of sp³-hybridized carbons (Fsp3) is 0. The largest absolute Gasteiger partial charge is 0.506 e. The Hall–Kier alpha value is -1.86. The van der Waals surface area contributed by atoms with Crippen molar-refractivity contribution in [3.63, 3.8) is 0 Å². The first-order chi connectivity index (χ1) is 10.1. The van der Waals surface area contributed by atoms with Crippen LogP contribution in [0.15, 0.2) is 54.6 Å². The van der Waals surface area contributed by atoms with Gasteiger partial charge in [-0.3, -0.25) is 4.79 Å². The van der Waals surface area contributed by atoms with Gasteiger partial charge in [0, 0.05) is 0 Å². The first-order valence-electron chi connectivity index (χ1n) is 5.88. The number of carbonyl (C=O) groups is 1. The van der Waals surface area contributed by atoms with Gasteiger partial charge in [-0.1, -0.05) is 0 Å². The van der Waals surface area contributed by atoms with E-state index in [1.54, 1.807) is 30.3 Å². The second-order valence-corrected chi connectivity index (χ2v) is 5.98. The average molecular weight is 412 g/mol. The van der Waals surface area contributed by atoms with E-state index >= 15 is 0 Å². The molecule has 21 heavy (non-hydrogen) atoms. The Morgan fingerprint density at radius 1 is 1.29 bits per heavy atom. The third-order valence-corrected chi connectivity index (χ3v) is 4.08. The number of amides is 1. The molecule has 1 aromatic carbocycles. The molecule has 2 heterocycles. The SMILES string of the molecule is O=C1NN=C(c2ccco2)/C1=C\c1cc(Br)c(O)c(Br)c1. The van der Waals surface area contributed by atoms with Gasteiger partial charge in [0.25, 0.3) is 5.91 Å². The Kier molecular flexibility index (Phi) is 3.69. The first kappa shape index (κ1) is 14.1. The fourth-order valence-electron chi connectivity index (χ4n) is 1.90. The summed E-state index contributed by atoms with van der Waals surface area (Å²) in [6.45, 7) is 0. The highest BCUT2D eigenvalue weighted by atomic mass is 79.9. The van der Waals surface area contributed by atoms with Crippen molar-refractivity contribution in [1.29, 1.82) is 0 Å². The maximum atomic E-state index is 11.9. The Bertz CT molecular complexity index is 757. The lowest BCUT2D eigenvalue weighted by molar-refractivity contribution is -0.116. The minimum absolute atomic E-state index is 0.105. The van der Waals surface area contributed by atoms with Crippen LogP contribution in [0.25, 0.3) is 6.08 Å². The monoisotopic (exact) mass is 410 g/mol. The molecule has 0 bridgehead atoms. The van der Waals surface area contributed by atoms with E-state index in [9.17, 15) is 9.90 Å². The zero-order valence-corrected chi connectivity index (χ0v) is 13.6. The lowest BCUT2D eigenvalue weighted by Gasteiger charge is -2.04. The summed E-state index contributed by atoms with van der Waals surface area (Å²) in [5.41, 5.74) is 4.00. The van der Waals surface area contributed by atoms with Crippen molar-refractivity contribution < 1.29 is 14.3 Å². The van der Waals surface area contributed by atoms with Crippen molar-refractivity contribution in [1.82, 2.24) is 5.43 Å². The van der Waals surface area contributed by atoms with Gasteiger partial charge >= 0.3 is 0 Å². The molecule has 1 aliphatic rings. The summed E-state index contributed by atoms with van der Waals surface area (Å²) < 4.78 is 6.33. The zero-order chi connectivity index (χ0) is 15.0. The van der Waals surface area contributed by atoms with Gasteiger partial charge in [0.1, 0.15) is 11.5 Å². The number of furan rings is 1. The van der Waals surface area contributed by atoms with Crippen LogP contribution in [0.4, 0.5) is 0 Å². The molecule has 0 atom stereocenters. The van der Waals surface area contributed by atoms with E-state index in [1.807, 2.05) is 0 Å². The maximum Gasteiger partial charge on any atom is 0.273 e. The lowest BCUT2D eigenvalue weighted by Crippen LogP contribution is -2.13. The molecule has 1 aromatic heterocycles. The second-order valence-electron chi connectivity index (χ2n) is 4.27. The second kappa shape index (κ2) is 5.50.